The van der Waals surface area contributed by atoms with Crippen molar-refractivity contribution in [1.82, 2.24) is 0 Å². The van der Waals surface area contributed by atoms with Crippen LogP contribution in [0.5, 0.6) is 34.5 Å². The van der Waals surface area contributed by atoms with Gasteiger partial charge >= 0.3 is 0 Å². The number of phenols is 2. The van der Waals surface area contributed by atoms with Gasteiger partial charge in [0.25, 0.3) is 0 Å². The summed E-state index contributed by atoms with van der Waals surface area (Å²) in [5.74, 6) is 3.12. The molecule has 4 aromatic carbocycles. The lowest BCUT2D eigenvalue weighted by Crippen LogP contribution is -2.11. The molecule has 272 valence electrons. The van der Waals surface area contributed by atoms with E-state index in [1.807, 2.05) is 24.3 Å². The van der Waals surface area contributed by atoms with Crippen molar-refractivity contribution in [3.63, 3.8) is 0 Å². The monoisotopic (exact) mass is 684 g/mol. The zero-order chi connectivity index (χ0) is 35.3. The molecule has 6 nitrogen and oxygen atoms in total. The first-order valence-corrected chi connectivity index (χ1v) is 19.7. The molecule has 0 aliphatic heterocycles. The average Bonchev–Trinajstić information content (AvgIpc) is 3.11. The fourth-order valence-electron chi connectivity index (χ4n) is 7.20. The number of hydrogen-bond donors (Lipinski definition) is 2. The van der Waals surface area contributed by atoms with Crippen LogP contribution in [-0.4, -0.2) is 36.6 Å². The molecule has 2 N–H and O–H groups in total. The standard InChI is InChI=1S/C44H60O6/c1-5-9-13-17-27-47-41-31-23-21-25-33(45)35(31)43(49-29-19-15-11-7-3)39-37(41)38-40(39)44(50-30-20-16-12-8-4)36-32(24-22-26-34(36)46)42(38)48-28-18-14-10-6-2/h21-26,45-46H,5-20,27-30H2,1-4H3. The number of phenolic OH excluding ortho intramolecular Hbond substituents is 2. The fraction of sp³-hybridized carbons (Fsp3) is 0.545. The van der Waals surface area contributed by atoms with E-state index in [2.05, 4.69) is 27.7 Å². The van der Waals surface area contributed by atoms with E-state index in [4.69, 9.17) is 18.9 Å². The lowest BCUT2D eigenvalue weighted by molar-refractivity contribution is 0.289. The lowest BCUT2D eigenvalue weighted by atomic mass is 9.90. The normalized spacial score (nSPS) is 11.8. The Morgan fingerprint density at radius 1 is 0.380 bits per heavy atom. The summed E-state index contributed by atoms with van der Waals surface area (Å²) in [7, 11) is 0. The SMILES string of the molecule is CCCCCCOc1c2c(c(OCCCCCC)c3c(O)cccc13)=c1c(OCCCCCC)c3c(O)cccc3c(OCCCCCC)c1=2. The van der Waals surface area contributed by atoms with Gasteiger partial charge < -0.3 is 29.2 Å². The van der Waals surface area contributed by atoms with E-state index in [0.717, 1.165) is 133 Å². The minimum atomic E-state index is 0.163. The summed E-state index contributed by atoms with van der Waals surface area (Å²) < 4.78 is 27.0. The summed E-state index contributed by atoms with van der Waals surface area (Å²) in [6.45, 7) is 11.1. The van der Waals surface area contributed by atoms with Crippen molar-refractivity contribution >= 4 is 21.5 Å². The molecule has 4 aromatic rings. The number of rotatable bonds is 24. The number of hydrogen-bond acceptors (Lipinski definition) is 6. The number of benzene rings is 4. The van der Waals surface area contributed by atoms with Gasteiger partial charge in [-0.05, 0) is 37.8 Å². The first-order valence-electron chi connectivity index (χ1n) is 19.7. The second kappa shape index (κ2) is 19.0. The summed E-state index contributed by atoms with van der Waals surface area (Å²) in [4.78, 5) is 0. The van der Waals surface area contributed by atoms with Gasteiger partial charge in [0.1, 0.15) is 34.5 Å². The molecular formula is C44H60O6. The van der Waals surface area contributed by atoms with Gasteiger partial charge in [-0.25, -0.2) is 0 Å². The highest BCUT2D eigenvalue weighted by atomic mass is 16.5. The van der Waals surface area contributed by atoms with Crippen molar-refractivity contribution in [2.45, 2.75) is 130 Å². The molecule has 0 saturated heterocycles. The van der Waals surface area contributed by atoms with Crippen LogP contribution >= 0.6 is 0 Å². The van der Waals surface area contributed by atoms with Gasteiger partial charge in [0.15, 0.2) is 0 Å². The van der Waals surface area contributed by atoms with Gasteiger partial charge in [-0.3, -0.25) is 0 Å². The molecule has 0 fully saturated rings. The van der Waals surface area contributed by atoms with E-state index in [-0.39, 0.29) is 11.5 Å². The maximum atomic E-state index is 11.5. The van der Waals surface area contributed by atoms with Gasteiger partial charge in [-0.2, -0.15) is 0 Å². The predicted octanol–water partition coefficient (Wildman–Crippen LogP) is 12.1. The molecule has 0 saturated carbocycles. The Kier molecular flexibility index (Phi) is 14.2. The molecule has 1 aliphatic rings. The molecule has 0 spiro atoms. The average molecular weight is 685 g/mol. The maximum Gasteiger partial charge on any atom is 0.139 e. The molecule has 6 heteroatoms. The second-order valence-electron chi connectivity index (χ2n) is 13.9. The minimum Gasteiger partial charge on any atom is -0.507 e. The highest BCUT2D eigenvalue weighted by Crippen LogP contribution is 2.50. The van der Waals surface area contributed by atoms with Gasteiger partial charge in [-0.1, -0.05) is 129 Å². The molecule has 5 rings (SSSR count). The Bertz CT molecular complexity index is 1760. The van der Waals surface area contributed by atoms with Crippen LogP contribution in [0.4, 0.5) is 0 Å². The highest BCUT2D eigenvalue weighted by Gasteiger charge is 2.28. The van der Waals surface area contributed by atoms with Crippen LogP contribution in [0.25, 0.3) is 21.5 Å². The quantitative estimate of drug-likeness (QED) is 0.0630. The zero-order valence-corrected chi connectivity index (χ0v) is 31.1. The molecule has 50 heavy (non-hydrogen) atoms. The number of aromatic hydroxyl groups is 2. The van der Waals surface area contributed by atoms with Crippen LogP contribution in [0.3, 0.4) is 0 Å². The molecule has 1 aliphatic carbocycles. The summed E-state index contributed by atoms with van der Waals surface area (Å²) >= 11 is 0. The largest absolute Gasteiger partial charge is 0.507 e. The molecule has 0 radical (unpaired) electrons. The lowest BCUT2D eigenvalue weighted by Gasteiger charge is -2.24. The zero-order valence-electron chi connectivity index (χ0n) is 31.1. The Labute approximate surface area is 298 Å². The Morgan fingerprint density at radius 3 is 1.00 bits per heavy atom. The molecule has 0 atom stereocenters. The number of ether oxygens (including phenoxy) is 4. The van der Waals surface area contributed by atoms with Crippen LogP contribution in [0.2, 0.25) is 0 Å². The highest BCUT2D eigenvalue weighted by molar-refractivity contribution is 6.02. The molecule has 0 aromatic heterocycles. The van der Waals surface area contributed by atoms with Crippen molar-refractivity contribution < 1.29 is 29.2 Å². The predicted molar refractivity (Wildman–Crippen MR) is 205 cm³/mol. The summed E-state index contributed by atoms with van der Waals surface area (Å²) in [5.41, 5.74) is 0. The number of unbranched alkanes of at least 4 members (excludes halogenated alkanes) is 12. The van der Waals surface area contributed by atoms with E-state index in [0.29, 0.717) is 48.7 Å². The first kappa shape index (κ1) is 37.5. The van der Waals surface area contributed by atoms with E-state index in [9.17, 15) is 10.2 Å². The maximum absolute atomic E-state index is 11.5. The van der Waals surface area contributed by atoms with Crippen LogP contribution in [-0.2, 0) is 0 Å². The Balaban J connectivity index is 1.82. The van der Waals surface area contributed by atoms with Crippen molar-refractivity contribution in [2.24, 2.45) is 0 Å². The van der Waals surface area contributed by atoms with Gasteiger partial charge in [0.2, 0.25) is 0 Å². The van der Waals surface area contributed by atoms with Crippen molar-refractivity contribution in [3.8, 4) is 34.5 Å². The molecular weight excluding hydrogens is 624 g/mol. The molecule has 0 heterocycles. The van der Waals surface area contributed by atoms with Gasteiger partial charge in [0.05, 0.1) is 37.2 Å². The van der Waals surface area contributed by atoms with E-state index in [1.165, 1.54) is 12.8 Å². The third-order valence-electron chi connectivity index (χ3n) is 9.91. The van der Waals surface area contributed by atoms with E-state index >= 15 is 0 Å². The number of fused-ring (bicyclic) bond motifs is 4. The van der Waals surface area contributed by atoms with Crippen molar-refractivity contribution in [2.75, 3.05) is 26.4 Å². The van der Waals surface area contributed by atoms with Crippen molar-refractivity contribution in [3.05, 3.63) is 57.3 Å². The molecule has 0 bridgehead atoms. The Morgan fingerprint density at radius 2 is 0.680 bits per heavy atom. The third-order valence-corrected chi connectivity index (χ3v) is 9.91. The van der Waals surface area contributed by atoms with Crippen LogP contribution in [0.1, 0.15) is 130 Å². The van der Waals surface area contributed by atoms with Crippen LogP contribution < -0.4 is 18.9 Å². The van der Waals surface area contributed by atoms with E-state index < -0.39 is 0 Å². The third kappa shape index (κ3) is 8.22. The first-order chi connectivity index (χ1) is 24.6. The Hall–Kier alpha value is -3.80. The molecule has 0 unspecified atom stereocenters. The minimum absolute atomic E-state index is 0.163. The van der Waals surface area contributed by atoms with E-state index in [1.54, 1.807) is 12.1 Å². The van der Waals surface area contributed by atoms with Crippen molar-refractivity contribution in [1.29, 1.82) is 0 Å². The second-order valence-corrected chi connectivity index (χ2v) is 13.9. The molecule has 0 amide bonds. The smallest absolute Gasteiger partial charge is 0.139 e. The summed E-state index contributed by atoms with van der Waals surface area (Å²) in [5, 5.41) is 29.5. The van der Waals surface area contributed by atoms with Gasteiger partial charge in [0, 0.05) is 31.6 Å². The summed E-state index contributed by atoms with van der Waals surface area (Å²) in [6, 6.07) is 11.3. The topological polar surface area (TPSA) is 77.4 Å². The van der Waals surface area contributed by atoms with Crippen LogP contribution in [0.15, 0.2) is 36.4 Å². The van der Waals surface area contributed by atoms with Crippen LogP contribution in [0, 0.1) is 20.9 Å². The fourth-order valence-corrected chi connectivity index (χ4v) is 7.20. The van der Waals surface area contributed by atoms with Gasteiger partial charge in [-0.15, -0.1) is 0 Å². The summed E-state index contributed by atoms with van der Waals surface area (Å²) in [6.07, 6.45) is 17.4.